The Morgan fingerprint density at radius 3 is 2.44 bits per heavy atom. The number of rotatable bonds is 4. The van der Waals surface area contributed by atoms with E-state index in [4.69, 9.17) is 5.11 Å². The molecular formula is C22H19F3N4O3. The van der Waals surface area contributed by atoms with Crippen LogP contribution in [0.15, 0.2) is 42.5 Å². The Balaban J connectivity index is 1.50. The average Bonchev–Trinajstić information content (AvgIpc) is 3.24. The molecule has 2 heterocycles. The molecule has 1 aromatic heterocycles. The molecule has 2 aromatic carbocycles. The van der Waals surface area contributed by atoms with E-state index in [0.29, 0.717) is 41.2 Å². The van der Waals surface area contributed by atoms with Crippen LogP contribution in [0.2, 0.25) is 0 Å². The van der Waals surface area contributed by atoms with Crippen LogP contribution in [0.1, 0.15) is 28.0 Å². The Kier molecular flexibility index (Phi) is 5.45. The third kappa shape index (κ3) is 4.34. The first kappa shape index (κ1) is 21.5. The van der Waals surface area contributed by atoms with Crippen LogP contribution in [0.4, 0.5) is 24.7 Å². The number of fused-ring (bicyclic) bond motifs is 1. The van der Waals surface area contributed by atoms with Crippen molar-refractivity contribution in [1.29, 1.82) is 0 Å². The number of hydrogen-bond donors (Lipinski definition) is 2. The second-order valence-electron chi connectivity index (χ2n) is 7.64. The predicted octanol–water partition coefficient (Wildman–Crippen LogP) is 4.25. The normalized spacial score (nSPS) is 16.4. The maximum absolute atomic E-state index is 12.9. The molecule has 3 aromatic rings. The van der Waals surface area contributed by atoms with Gasteiger partial charge in [-0.1, -0.05) is 0 Å². The molecular weight excluding hydrogens is 425 g/mol. The highest BCUT2D eigenvalue weighted by Gasteiger charge is 2.32. The number of aliphatic carboxylic acids is 1. The second kappa shape index (κ2) is 8.10. The Bertz CT molecular complexity index is 1200. The highest BCUT2D eigenvalue weighted by molar-refractivity contribution is 5.95. The van der Waals surface area contributed by atoms with Crippen LogP contribution >= 0.6 is 0 Å². The van der Waals surface area contributed by atoms with Gasteiger partial charge in [0.2, 0.25) is 0 Å². The molecule has 1 saturated heterocycles. The number of hydrogen-bond acceptors (Lipinski definition) is 5. The van der Waals surface area contributed by atoms with Crippen LogP contribution in [-0.4, -0.2) is 44.9 Å². The van der Waals surface area contributed by atoms with Crippen LogP contribution < -0.4 is 5.32 Å². The van der Waals surface area contributed by atoms with E-state index in [1.807, 2.05) is 0 Å². The van der Waals surface area contributed by atoms with Crippen LogP contribution in [0, 0.1) is 12.8 Å². The van der Waals surface area contributed by atoms with E-state index < -0.39 is 23.6 Å². The molecule has 32 heavy (non-hydrogen) atoms. The number of halogens is 3. The lowest BCUT2D eigenvalue weighted by Gasteiger charge is -2.16. The molecule has 1 aliphatic rings. The van der Waals surface area contributed by atoms with Crippen LogP contribution in [0.5, 0.6) is 0 Å². The number of nitrogens with one attached hydrogen (secondary N) is 1. The number of carboxylic acids is 1. The molecule has 0 saturated carbocycles. The summed E-state index contributed by atoms with van der Waals surface area (Å²) in [5, 5.41) is 12.2. The van der Waals surface area contributed by atoms with E-state index in [-0.39, 0.29) is 18.0 Å². The summed E-state index contributed by atoms with van der Waals surface area (Å²) in [7, 11) is 0. The SMILES string of the molecule is Cc1nc2cc(C(F)(F)F)ccc2nc1Nc1ccc(C(=O)N2CCC(C(=O)O)C2)cc1. The minimum absolute atomic E-state index is 0.147. The zero-order valence-corrected chi connectivity index (χ0v) is 17.0. The van der Waals surface area contributed by atoms with Crippen molar-refractivity contribution in [2.45, 2.75) is 19.5 Å². The number of likely N-dealkylation sites (tertiary alicyclic amines) is 1. The summed E-state index contributed by atoms with van der Waals surface area (Å²) in [5.41, 5.74) is 1.16. The van der Waals surface area contributed by atoms with E-state index in [9.17, 15) is 22.8 Å². The number of anilines is 2. The van der Waals surface area contributed by atoms with Crippen molar-refractivity contribution in [2.75, 3.05) is 18.4 Å². The Hall–Kier alpha value is -3.69. The molecule has 1 atom stereocenters. The van der Waals surface area contributed by atoms with Gasteiger partial charge in [-0.25, -0.2) is 9.97 Å². The third-order valence-electron chi connectivity index (χ3n) is 5.39. The third-order valence-corrected chi connectivity index (χ3v) is 5.39. The van der Waals surface area contributed by atoms with Gasteiger partial charge in [0.1, 0.15) is 0 Å². The highest BCUT2D eigenvalue weighted by Crippen LogP contribution is 2.31. The van der Waals surface area contributed by atoms with Gasteiger partial charge in [0, 0.05) is 24.3 Å². The van der Waals surface area contributed by atoms with E-state index in [1.165, 1.54) is 11.0 Å². The van der Waals surface area contributed by atoms with E-state index >= 15 is 0 Å². The lowest BCUT2D eigenvalue weighted by atomic mass is 10.1. The van der Waals surface area contributed by atoms with Crippen molar-refractivity contribution in [1.82, 2.24) is 14.9 Å². The average molecular weight is 444 g/mol. The zero-order chi connectivity index (χ0) is 23.0. The molecule has 10 heteroatoms. The highest BCUT2D eigenvalue weighted by atomic mass is 19.4. The fourth-order valence-electron chi connectivity index (χ4n) is 3.60. The summed E-state index contributed by atoms with van der Waals surface area (Å²) in [6.45, 7) is 2.23. The Labute approximate surface area is 180 Å². The number of carbonyl (C=O) groups excluding carboxylic acids is 1. The number of carbonyl (C=O) groups is 2. The number of aromatic nitrogens is 2. The van der Waals surface area contributed by atoms with Gasteiger partial charge in [-0.15, -0.1) is 0 Å². The van der Waals surface area contributed by atoms with Crippen molar-refractivity contribution in [3.05, 3.63) is 59.3 Å². The summed E-state index contributed by atoms with van der Waals surface area (Å²) in [5.74, 6) is -1.29. The summed E-state index contributed by atoms with van der Waals surface area (Å²) >= 11 is 0. The quantitative estimate of drug-likeness (QED) is 0.625. The molecule has 0 spiro atoms. The monoisotopic (exact) mass is 444 g/mol. The van der Waals surface area contributed by atoms with Crippen molar-refractivity contribution in [3.63, 3.8) is 0 Å². The Morgan fingerprint density at radius 1 is 1.09 bits per heavy atom. The molecule has 1 fully saturated rings. The fraction of sp³-hybridized carbons (Fsp3) is 0.273. The maximum atomic E-state index is 12.9. The number of carboxylic acid groups (broad SMARTS) is 1. The summed E-state index contributed by atoms with van der Waals surface area (Å²) in [6.07, 6.45) is -4.02. The first-order chi connectivity index (χ1) is 15.1. The largest absolute Gasteiger partial charge is 0.481 e. The summed E-state index contributed by atoms with van der Waals surface area (Å²) in [6, 6.07) is 9.80. The zero-order valence-electron chi connectivity index (χ0n) is 17.0. The van der Waals surface area contributed by atoms with Crippen molar-refractivity contribution >= 4 is 34.4 Å². The second-order valence-corrected chi connectivity index (χ2v) is 7.64. The Morgan fingerprint density at radius 2 is 1.81 bits per heavy atom. The number of alkyl halides is 3. The molecule has 0 radical (unpaired) electrons. The van der Waals surface area contributed by atoms with Gasteiger partial charge < -0.3 is 15.3 Å². The van der Waals surface area contributed by atoms with E-state index in [2.05, 4.69) is 15.3 Å². The lowest BCUT2D eigenvalue weighted by Crippen LogP contribution is -2.29. The molecule has 1 unspecified atom stereocenters. The topological polar surface area (TPSA) is 95.4 Å². The van der Waals surface area contributed by atoms with Crippen molar-refractivity contribution < 1.29 is 27.9 Å². The first-order valence-corrected chi connectivity index (χ1v) is 9.86. The number of nitrogens with zero attached hydrogens (tertiary/aromatic N) is 3. The van der Waals surface area contributed by atoms with Gasteiger partial charge in [-0.05, 0) is 55.8 Å². The van der Waals surface area contributed by atoms with E-state index in [1.54, 1.807) is 31.2 Å². The molecule has 1 aliphatic heterocycles. The van der Waals surface area contributed by atoms with Crippen LogP contribution in [0.25, 0.3) is 11.0 Å². The molecule has 4 rings (SSSR count). The standard InChI is InChI=1S/C22H19F3N4O3/c1-12-19(28-17-7-4-15(22(23,24)25)10-18(17)26-12)27-16-5-2-13(3-6-16)20(30)29-9-8-14(11-29)21(31)32/h2-7,10,14H,8-9,11H2,1H3,(H,27,28)(H,31,32). The van der Waals surface area contributed by atoms with Gasteiger partial charge in [-0.3, -0.25) is 9.59 Å². The number of benzene rings is 2. The van der Waals surface area contributed by atoms with E-state index in [0.717, 1.165) is 12.1 Å². The van der Waals surface area contributed by atoms with Gasteiger partial charge in [-0.2, -0.15) is 13.2 Å². The fourth-order valence-corrected chi connectivity index (χ4v) is 3.60. The lowest BCUT2D eigenvalue weighted by molar-refractivity contribution is -0.141. The summed E-state index contributed by atoms with van der Waals surface area (Å²) in [4.78, 5) is 33.8. The van der Waals surface area contributed by atoms with Crippen molar-refractivity contribution in [2.24, 2.45) is 5.92 Å². The van der Waals surface area contributed by atoms with Gasteiger partial charge >= 0.3 is 12.1 Å². The maximum Gasteiger partial charge on any atom is 0.416 e. The predicted molar refractivity (Wildman–Crippen MR) is 111 cm³/mol. The van der Waals surface area contributed by atoms with Gasteiger partial charge in [0.05, 0.1) is 28.2 Å². The van der Waals surface area contributed by atoms with Crippen LogP contribution in [0.3, 0.4) is 0 Å². The summed E-state index contributed by atoms with van der Waals surface area (Å²) < 4.78 is 38.7. The number of amides is 1. The number of aryl methyl sites for hydroxylation is 1. The van der Waals surface area contributed by atoms with Crippen molar-refractivity contribution in [3.8, 4) is 0 Å². The molecule has 166 valence electrons. The van der Waals surface area contributed by atoms with Crippen LogP contribution in [-0.2, 0) is 11.0 Å². The molecule has 0 aliphatic carbocycles. The molecule has 0 bridgehead atoms. The smallest absolute Gasteiger partial charge is 0.416 e. The van der Waals surface area contributed by atoms with Gasteiger partial charge in [0.25, 0.3) is 5.91 Å². The molecule has 7 nitrogen and oxygen atoms in total. The molecule has 1 amide bonds. The first-order valence-electron chi connectivity index (χ1n) is 9.86. The minimum atomic E-state index is -4.45. The van der Waals surface area contributed by atoms with Gasteiger partial charge in [0.15, 0.2) is 5.82 Å². The molecule has 2 N–H and O–H groups in total. The minimum Gasteiger partial charge on any atom is -0.481 e.